The maximum absolute atomic E-state index is 5.34. The second kappa shape index (κ2) is 4.82. The summed E-state index contributed by atoms with van der Waals surface area (Å²) in [5.74, 6) is 0.914. The van der Waals surface area contributed by atoms with Crippen molar-refractivity contribution in [2.45, 2.75) is 27.7 Å². The van der Waals surface area contributed by atoms with Crippen LogP contribution in [0.15, 0.2) is 18.5 Å². The van der Waals surface area contributed by atoms with Crippen LogP contribution in [0.4, 0.5) is 0 Å². The van der Waals surface area contributed by atoms with Crippen molar-refractivity contribution in [3.63, 3.8) is 0 Å². The van der Waals surface area contributed by atoms with Gasteiger partial charge in [-0.1, -0.05) is 13.8 Å². The topological polar surface area (TPSA) is 26.5 Å². The maximum Gasteiger partial charge on any atom is 0.147 e. The van der Waals surface area contributed by atoms with E-state index >= 15 is 0 Å². The number of aryl methyl sites for hydroxylation is 2. The molecule has 0 amide bonds. The van der Waals surface area contributed by atoms with Crippen LogP contribution in [-0.4, -0.2) is 16.7 Å². The minimum absolute atomic E-state index is 0.914. The predicted octanol–water partition coefficient (Wildman–Crippen LogP) is 2.99. The Kier molecular flexibility index (Phi) is 3.72. The molecule has 2 rings (SSSR count). The van der Waals surface area contributed by atoms with Crippen molar-refractivity contribution in [2.24, 2.45) is 0 Å². The molecule has 0 N–H and O–H groups in total. The van der Waals surface area contributed by atoms with Gasteiger partial charge in [-0.15, -0.1) is 0 Å². The molecule has 15 heavy (non-hydrogen) atoms. The van der Waals surface area contributed by atoms with Crippen LogP contribution in [0, 0.1) is 13.8 Å². The largest absolute Gasteiger partial charge is 0.494 e. The highest BCUT2D eigenvalue weighted by Gasteiger charge is 2.08. The van der Waals surface area contributed by atoms with Crippen LogP contribution in [0.2, 0.25) is 0 Å². The molecule has 3 heteroatoms. The fourth-order valence-electron chi connectivity index (χ4n) is 1.55. The lowest BCUT2D eigenvalue weighted by Gasteiger charge is -2.06. The predicted molar refractivity (Wildman–Crippen MR) is 62.6 cm³/mol. The molecule has 0 saturated heterocycles. The number of nitrogens with zero attached hydrogens (tertiary/aromatic N) is 2. The Morgan fingerprint density at radius 2 is 1.87 bits per heavy atom. The van der Waals surface area contributed by atoms with Crippen LogP contribution in [0.5, 0.6) is 5.75 Å². The molecule has 2 aromatic rings. The number of ether oxygens (including phenoxy) is 1. The summed E-state index contributed by atoms with van der Waals surface area (Å²) in [6.07, 6.45) is 3.79. The molecule has 82 valence electrons. The van der Waals surface area contributed by atoms with Crippen molar-refractivity contribution < 1.29 is 4.74 Å². The fourth-order valence-corrected chi connectivity index (χ4v) is 1.55. The first-order valence-corrected chi connectivity index (χ1v) is 5.21. The lowest BCUT2D eigenvalue weighted by molar-refractivity contribution is 0.414. The van der Waals surface area contributed by atoms with Gasteiger partial charge in [-0.3, -0.25) is 0 Å². The molecule has 3 nitrogen and oxygen atoms in total. The quantitative estimate of drug-likeness (QED) is 0.717. The first-order chi connectivity index (χ1) is 7.24. The lowest BCUT2D eigenvalue weighted by atomic mass is 10.2. The van der Waals surface area contributed by atoms with E-state index in [4.69, 9.17) is 4.74 Å². The number of aromatic nitrogens is 2. The summed E-state index contributed by atoms with van der Waals surface area (Å²) < 4.78 is 7.17. The zero-order valence-electron chi connectivity index (χ0n) is 10.0. The summed E-state index contributed by atoms with van der Waals surface area (Å²) in [7, 11) is 1.69. The van der Waals surface area contributed by atoms with Crippen LogP contribution in [0.1, 0.15) is 25.0 Å². The summed E-state index contributed by atoms with van der Waals surface area (Å²) in [5.41, 5.74) is 3.33. The summed E-state index contributed by atoms with van der Waals surface area (Å²) in [6, 6.07) is 2.00. The van der Waals surface area contributed by atoms with Gasteiger partial charge in [0, 0.05) is 6.20 Å². The average Bonchev–Trinajstić information content (AvgIpc) is 2.64. The maximum atomic E-state index is 5.34. The SMILES string of the molecule is CC.COc1c(C)ccn2ncc(C)c12. The standard InChI is InChI=1S/C10H12N2O.C2H6/c1-7-4-5-12-9(10(7)13-3)8(2)6-11-12;1-2/h4-6H,1-3H3;1-2H3. The second-order valence-corrected chi connectivity index (χ2v) is 3.15. The Morgan fingerprint density at radius 1 is 1.20 bits per heavy atom. The van der Waals surface area contributed by atoms with Crippen molar-refractivity contribution >= 4 is 5.52 Å². The van der Waals surface area contributed by atoms with Crippen LogP contribution in [-0.2, 0) is 0 Å². The minimum atomic E-state index is 0.914. The summed E-state index contributed by atoms with van der Waals surface area (Å²) in [6.45, 7) is 8.07. The molecule has 0 fully saturated rings. The highest BCUT2D eigenvalue weighted by atomic mass is 16.5. The van der Waals surface area contributed by atoms with E-state index in [0.717, 1.165) is 22.4 Å². The van der Waals surface area contributed by atoms with Crippen molar-refractivity contribution in [3.8, 4) is 5.75 Å². The zero-order chi connectivity index (χ0) is 11.4. The van der Waals surface area contributed by atoms with Gasteiger partial charge in [0.1, 0.15) is 11.3 Å². The van der Waals surface area contributed by atoms with E-state index in [0.29, 0.717) is 0 Å². The Balaban J connectivity index is 0.000000531. The van der Waals surface area contributed by atoms with Gasteiger partial charge in [0.15, 0.2) is 0 Å². The zero-order valence-corrected chi connectivity index (χ0v) is 10.0. The third kappa shape index (κ3) is 1.96. The van der Waals surface area contributed by atoms with Crippen molar-refractivity contribution in [3.05, 3.63) is 29.6 Å². The van der Waals surface area contributed by atoms with Gasteiger partial charge in [-0.2, -0.15) is 5.10 Å². The average molecular weight is 206 g/mol. The third-order valence-corrected chi connectivity index (χ3v) is 2.22. The number of hydrogen-bond acceptors (Lipinski definition) is 2. The Bertz CT molecular complexity index is 446. The molecule has 0 aliphatic heterocycles. The van der Waals surface area contributed by atoms with Crippen LogP contribution < -0.4 is 4.74 Å². The Labute approximate surface area is 90.7 Å². The molecular weight excluding hydrogens is 188 g/mol. The molecule has 0 bridgehead atoms. The fraction of sp³-hybridized carbons (Fsp3) is 0.417. The van der Waals surface area contributed by atoms with Crippen LogP contribution in [0.3, 0.4) is 0 Å². The molecule has 2 heterocycles. The van der Waals surface area contributed by atoms with Crippen LogP contribution >= 0.6 is 0 Å². The van der Waals surface area contributed by atoms with Gasteiger partial charge in [0.05, 0.1) is 13.3 Å². The molecule has 0 spiro atoms. The highest BCUT2D eigenvalue weighted by molar-refractivity contribution is 5.66. The van der Waals surface area contributed by atoms with Crippen molar-refractivity contribution in [1.29, 1.82) is 0 Å². The van der Waals surface area contributed by atoms with E-state index in [1.807, 2.05) is 50.7 Å². The molecule has 0 aromatic carbocycles. The number of fused-ring (bicyclic) bond motifs is 1. The molecule has 0 atom stereocenters. The monoisotopic (exact) mass is 206 g/mol. The van der Waals surface area contributed by atoms with Gasteiger partial charge < -0.3 is 4.74 Å². The summed E-state index contributed by atoms with van der Waals surface area (Å²) in [5, 5.41) is 4.20. The first-order valence-electron chi connectivity index (χ1n) is 5.21. The highest BCUT2D eigenvalue weighted by Crippen LogP contribution is 2.26. The number of methoxy groups -OCH3 is 1. The van der Waals surface area contributed by atoms with E-state index in [-0.39, 0.29) is 0 Å². The number of rotatable bonds is 1. The molecule has 0 saturated carbocycles. The van der Waals surface area contributed by atoms with Gasteiger partial charge in [0.25, 0.3) is 0 Å². The van der Waals surface area contributed by atoms with E-state index in [1.54, 1.807) is 7.11 Å². The molecule has 2 aromatic heterocycles. The molecular formula is C12H18N2O. The number of hydrogen-bond donors (Lipinski definition) is 0. The van der Waals surface area contributed by atoms with Gasteiger partial charge in [-0.05, 0) is 31.0 Å². The van der Waals surface area contributed by atoms with E-state index in [1.165, 1.54) is 0 Å². The van der Waals surface area contributed by atoms with Crippen molar-refractivity contribution in [2.75, 3.05) is 7.11 Å². The van der Waals surface area contributed by atoms with Gasteiger partial charge in [-0.25, -0.2) is 4.52 Å². The molecule has 0 radical (unpaired) electrons. The first kappa shape index (κ1) is 11.6. The second-order valence-electron chi connectivity index (χ2n) is 3.15. The molecule has 0 unspecified atom stereocenters. The van der Waals surface area contributed by atoms with E-state index in [2.05, 4.69) is 5.10 Å². The van der Waals surface area contributed by atoms with Gasteiger partial charge >= 0.3 is 0 Å². The lowest BCUT2D eigenvalue weighted by Crippen LogP contribution is -1.94. The van der Waals surface area contributed by atoms with E-state index < -0.39 is 0 Å². The number of pyridine rings is 1. The minimum Gasteiger partial charge on any atom is -0.494 e. The third-order valence-electron chi connectivity index (χ3n) is 2.22. The Hall–Kier alpha value is -1.51. The van der Waals surface area contributed by atoms with E-state index in [9.17, 15) is 0 Å². The van der Waals surface area contributed by atoms with Crippen LogP contribution in [0.25, 0.3) is 5.52 Å². The summed E-state index contributed by atoms with van der Waals surface area (Å²) >= 11 is 0. The van der Waals surface area contributed by atoms with Gasteiger partial charge in [0.2, 0.25) is 0 Å². The molecule has 0 aliphatic rings. The summed E-state index contributed by atoms with van der Waals surface area (Å²) in [4.78, 5) is 0. The smallest absolute Gasteiger partial charge is 0.147 e. The molecule has 0 aliphatic carbocycles. The normalized spacial score (nSPS) is 9.67. The van der Waals surface area contributed by atoms with Crippen molar-refractivity contribution in [1.82, 2.24) is 9.61 Å². The Morgan fingerprint density at radius 3 is 2.47 bits per heavy atom.